The number of benzene rings is 1. The van der Waals surface area contributed by atoms with Crippen molar-refractivity contribution in [3.63, 3.8) is 0 Å². The van der Waals surface area contributed by atoms with E-state index < -0.39 is 10.0 Å². The molecule has 2 N–H and O–H groups in total. The van der Waals surface area contributed by atoms with E-state index in [0.29, 0.717) is 17.4 Å². The van der Waals surface area contributed by atoms with Gasteiger partial charge in [0, 0.05) is 19.6 Å². The fourth-order valence-corrected chi connectivity index (χ4v) is 3.24. The summed E-state index contributed by atoms with van der Waals surface area (Å²) < 4.78 is 26.7. The van der Waals surface area contributed by atoms with E-state index in [-0.39, 0.29) is 0 Å². The van der Waals surface area contributed by atoms with E-state index in [4.69, 9.17) is 0 Å². The van der Waals surface area contributed by atoms with Crippen molar-refractivity contribution in [1.29, 1.82) is 0 Å². The van der Waals surface area contributed by atoms with Crippen molar-refractivity contribution >= 4 is 10.0 Å². The lowest BCUT2D eigenvalue weighted by molar-refractivity contribution is 0.577. The molecule has 0 bridgehead atoms. The van der Waals surface area contributed by atoms with Gasteiger partial charge in [-0.3, -0.25) is 0 Å². The van der Waals surface area contributed by atoms with Gasteiger partial charge in [-0.25, -0.2) is 13.1 Å². The van der Waals surface area contributed by atoms with Crippen LogP contribution in [0.5, 0.6) is 0 Å². The number of rotatable bonds is 4. The van der Waals surface area contributed by atoms with Gasteiger partial charge in [-0.15, -0.1) is 0 Å². The molecular weight excluding hydrogens is 236 g/mol. The van der Waals surface area contributed by atoms with Crippen LogP contribution < -0.4 is 10.0 Å². The number of fused-ring (bicyclic) bond motifs is 1. The van der Waals surface area contributed by atoms with E-state index in [1.807, 2.05) is 6.07 Å². The van der Waals surface area contributed by atoms with Crippen molar-refractivity contribution < 1.29 is 8.42 Å². The summed E-state index contributed by atoms with van der Waals surface area (Å²) in [5.74, 6) is 0.556. The molecule has 1 heterocycles. The van der Waals surface area contributed by atoms with Crippen LogP contribution in [-0.2, 0) is 23.1 Å². The molecule has 0 radical (unpaired) electrons. The molecule has 0 amide bonds. The zero-order valence-corrected chi connectivity index (χ0v) is 10.4. The van der Waals surface area contributed by atoms with Crippen molar-refractivity contribution in [2.75, 3.05) is 6.54 Å². The first-order valence-electron chi connectivity index (χ1n) is 5.97. The molecule has 0 spiro atoms. The van der Waals surface area contributed by atoms with Crippen molar-refractivity contribution in [3.05, 3.63) is 29.3 Å². The van der Waals surface area contributed by atoms with Gasteiger partial charge in [-0.2, -0.15) is 0 Å². The minimum Gasteiger partial charge on any atom is -0.309 e. The van der Waals surface area contributed by atoms with Crippen molar-refractivity contribution in [3.8, 4) is 0 Å². The van der Waals surface area contributed by atoms with E-state index >= 15 is 0 Å². The van der Waals surface area contributed by atoms with Gasteiger partial charge in [0.05, 0.1) is 4.90 Å². The Morgan fingerprint density at radius 3 is 2.76 bits per heavy atom. The summed E-state index contributed by atoms with van der Waals surface area (Å²) in [6, 6.07) is 5.38. The Labute approximate surface area is 101 Å². The SMILES string of the molecule is O=S(=O)(NCC1CC1)c1ccc2c(c1)CNC2. The van der Waals surface area contributed by atoms with E-state index in [9.17, 15) is 8.42 Å². The van der Waals surface area contributed by atoms with E-state index in [0.717, 1.165) is 31.5 Å². The smallest absolute Gasteiger partial charge is 0.240 e. The predicted octanol–water partition coefficient (Wildman–Crippen LogP) is 0.978. The number of nitrogens with one attached hydrogen (secondary N) is 2. The number of hydrogen-bond donors (Lipinski definition) is 2. The normalized spacial score (nSPS) is 19.3. The lowest BCUT2D eigenvalue weighted by Crippen LogP contribution is -2.25. The van der Waals surface area contributed by atoms with Crippen molar-refractivity contribution in [2.24, 2.45) is 5.92 Å². The lowest BCUT2D eigenvalue weighted by atomic mass is 10.1. The minimum absolute atomic E-state index is 0.389. The molecule has 0 saturated heterocycles. The average Bonchev–Trinajstić information content (AvgIpc) is 3.02. The summed E-state index contributed by atoms with van der Waals surface area (Å²) in [4.78, 5) is 0.389. The van der Waals surface area contributed by atoms with Crippen molar-refractivity contribution in [1.82, 2.24) is 10.0 Å². The summed E-state index contributed by atoms with van der Waals surface area (Å²) in [6.45, 7) is 2.18. The molecule has 5 heteroatoms. The minimum atomic E-state index is -3.31. The maximum absolute atomic E-state index is 12.0. The molecule has 3 rings (SSSR count). The average molecular weight is 252 g/mol. The van der Waals surface area contributed by atoms with Crippen molar-refractivity contribution in [2.45, 2.75) is 30.8 Å². The van der Waals surface area contributed by atoms with Crippen LogP contribution in [0.2, 0.25) is 0 Å². The second kappa shape index (κ2) is 4.08. The van der Waals surface area contributed by atoms with E-state index in [1.165, 1.54) is 5.56 Å². The van der Waals surface area contributed by atoms with Crippen LogP contribution in [0.4, 0.5) is 0 Å². The van der Waals surface area contributed by atoms with Crippen LogP contribution >= 0.6 is 0 Å². The third-order valence-electron chi connectivity index (χ3n) is 3.38. The van der Waals surface area contributed by atoms with Gasteiger partial charge in [0.15, 0.2) is 0 Å². The summed E-state index contributed by atoms with van der Waals surface area (Å²) in [5, 5.41) is 3.21. The highest BCUT2D eigenvalue weighted by Crippen LogP contribution is 2.28. The van der Waals surface area contributed by atoms with Gasteiger partial charge in [-0.05, 0) is 42.0 Å². The Bertz CT molecular complexity index is 535. The molecule has 0 atom stereocenters. The second-order valence-corrected chi connectivity index (χ2v) is 6.60. The molecule has 2 aliphatic rings. The molecular formula is C12H16N2O2S. The van der Waals surface area contributed by atoms with Gasteiger partial charge in [0.2, 0.25) is 10.0 Å². The van der Waals surface area contributed by atoms with Crippen LogP contribution in [0, 0.1) is 5.92 Å². The highest BCUT2D eigenvalue weighted by Gasteiger charge is 2.24. The van der Waals surface area contributed by atoms with Gasteiger partial charge >= 0.3 is 0 Å². The Morgan fingerprint density at radius 1 is 1.24 bits per heavy atom. The van der Waals surface area contributed by atoms with Crippen LogP contribution in [0.1, 0.15) is 24.0 Å². The predicted molar refractivity (Wildman–Crippen MR) is 64.9 cm³/mol. The summed E-state index contributed by atoms with van der Waals surface area (Å²) in [7, 11) is -3.31. The fourth-order valence-electron chi connectivity index (χ4n) is 2.07. The van der Waals surface area contributed by atoms with Gasteiger partial charge in [0.25, 0.3) is 0 Å². The lowest BCUT2D eigenvalue weighted by Gasteiger charge is -2.07. The van der Waals surface area contributed by atoms with Gasteiger partial charge < -0.3 is 5.32 Å². The molecule has 1 fully saturated rings. The second-order valence-electron chi connectivity index (χ2n) is 4.83. The molecule has 1 aliphatic carbocycles. The summed E-state index contributed by atoms with van der Waals surface area (Å²) >= 11 is 0. The first-order chi connectivity index (χ1) is 8.15. The molecule has 0 aromatic heterocycles. The first-order valence-corrected chi connectivity index (χ1v) is 7.46. The Kier molecular flexibility index (Phi) is 2.69. The third-order valence-corrected chi connectivity index (χ3v) is 4.80. The topological polar surface area (TPSA) is 58.2 Å². The number of hydrogen-bond acceptors (Lipinski definition) is 3. The van der Waals surface area contributed by atoms with Crippen LogP contribution in [0.15, 0.2) is 23.1 Å². The quantitative estimate of drug-likeness (QED) is 0.840. The maximum atomic E-state index is 12.0. The molecule has 1 saturated carbocycles. The molecule has 1 aromatic rings. The molecule has 1 aromatic carbocycles. The van der Waals surface area contributed by atoms with Crippen LogP contribution in [0.3, 0.4) is 0 Å². The van der Waals surface area contributed by atoms with Crippen LogP contribution in [0.25, 0.3) is 0 Å². The van der Waals surface area contributed by atoms with Gasteiger partial charge in [-0.1, -0.05) is 6.07 Å². The first kappa shape index (κ1) is 11.2. The molecule has 1 aliphatic heterocycles. The van der Waals surface area contributed by atoms with Crippen LogP contribution in [-0.4, -0.2) is 15.0 Å². The van der Waals surface area contributed by atoms with E-state index in [1.54, 1.807) is 12.1 Å². The zero-order valence-electron chi connectivity index (χ0n) is 9.57. The fraction of sp³-hybridized carbons (Fsp3) is 0.500. The highest BCUT2D eigenvalue weighted by molar-refractivity contribution is 7.89. The third kappa shape index (κ3) is 2.36. The summed E-state index contributed by atoms with van der Waals surface area (Å²) in [6.07, 6.45) is 2.30. The number of sulfonamides is 1. The Morgan fingerprint density at radius 2 is 2.00 bits per heavy atom. The maximum Gasteiger partial charge on any atom is 0.240 e. The monoisotopic (exact) mass is 252 g/mol. The van der Waals surface area contributed by atoms with E-state index in [2.05, 4.69) is 10.0 Å². The van der Waals surface area contributed by atoms with Gasteiger partial charge in [0.1, 0.15) is 0 Å². The highest BCUT2D eigenvalue weighted by atomic mass is 32.2. The Balaban J connectivity index is 1.82. The zero-order chi connectivity index (χ0) is 11.9. The Hall–Kier alpha value is -0.910. The largest absolute Gasteiger partial charge is 0.309 e. The molecule has 4 nitrogen and oxygen atoms in total. The standard InChI is InChI=1S/C12H16N2O2S/c15-17(16,14-6-9-1-2-9)12-4-3-10-7-13-8-11(10)5-12/h3-5,9,13-14H,1-2,6-8H2. The molecule has 0 unspecified atom stereocenters. The molecule has 17 heavy (non-hydrogen) atoms. The summed E-state index contributed by atoms with van der Waals surface area (Å²) in [5.41, 5.74) is 2.30. The molecule has 92 valence electrons.